The molecule has 7 rings (SSSR count). The number of rotatable bonds is 1. The number of piperidine rings is 1. The molecule has 3 aliphatic rings. The zero-order chi connectivity index (χ0) is 21.9. The molecule has 2 aromatic heterocycles. The van der Waals surface area contributed by atoms with Crippen molar-refractivity contribution >= 4 is 22.4 Å². The van der Waals surface area contributed by atoms with Crippen LogP contribution >= 0.6 is 0 Å². The van der Waals surface area contributed by atoms with Gasteiger partial charge in [-0.05, 0) is 46.7 Å². The second-order valence-corrected chi connectivity index (χ2v) is 9.05. The Morgan fingerprint density at radius 1 is 0.909 bits per heavy atom. The van der Waals surface area contributed by atoms with E-state index in [1.807, 2.05) is 17.2 Å². The van der Waals surface area contributed by atoms with Gasteiger partial charge in [0.1, 0.15) is 12.2 Å². The number of H-pyrrole nitrogens is 1. The molecule has 0 saturated carbocycles. The topological polar surface area (TPSA) is 61.5 Å². The van der Waals surface area contributed by atoms with Crippen LogP contribution in [0.1, 0.15) is 57.7 Å². The van der Waals surface area contributed by atoms with E-state index in [1.165, 1.54) is 33.4 Å². The third-order valence-electron chi connectivity index (χ3n) is 7.27. The highest BCUT2D eigenvalue weighted by Crippen LogP contribution is 2.57. The van der Waals surface area contributed by atoms with Crippen molar-refractivity contribution in [1.82, 2.24) is 14.9 Å². The van der Waals surface area contributed by atoms with Gasteiger partial charge >= 0.3 is 0 Å². The van der Waals surface area contributed by atoms with E-state index >= 15 is 0 Å². The molecule has 5 nitrogen and oxygen atoms in total. The normalized spacial score (nSPS) is 21.3. The van der Waals surface area contributed by atoms with Gasteiger partial charge < -0.3 is 14.6 Å². The first kappa shape index (κ1) is 18.8. The van der Waals surface area contributed by atoms with Crippen LogP contribution in [0.3, 0.4) is 0 Å². The second-order valence-electron chi connectivity index (χ2n) is 9.05. The van der Waals surface area contributed by atoms with Gasteiger partial charge in [0, 0.05) is 37.1 Å². The summed E-state index contributed by atoms with van der Waals surface area (Å²) in [6.07, 6.45) is 7.36. The summed E-state index contributed by atoms with van der Waals surface area (Å²) in [5.74, 6) is 0.0518. The molecule has 2 saturated heterocycles. The number of benzene rings is 2. The number of amides is 1. The number of nitrogens with zero attached hydrogens (tertiary/aromatic N) is 2. The number of carbonyl (C=O) groups is 1. The van der Waals surface area contributed by atoms with E-state index in [0.29, 0.717) is 18.7 Å². The summed E-state index contributed by atoms with van der Waals surface area (Å²) in [6.45, 7) is 1.42. The number of likely N-dealkylation sites (tertiary alicyclic amines) is 1. The highest BCUT2D eigenvalue weighted by atomic mass is 16.6. The SMILES string of the molecule is O=C(c1cncc2cc[nH]c12)N1CCC(=C2c3ccccc3C3OC3c3ccccc32)CC1. The van der Waals surface area contributed by atoms with E-state index in [9.17, 15) is 4.79 Å². The Balaban J connectivity index is 1.26. The van der Waals surface area contributed by atoms with Crippen molar-refractivity contribution in [2.75, 3.05) is 13.1 Å². The van der Waals surface area contributed by atoms with Crippen molar-refractivity contribution in [3.8, 4) is 0 Å². The molecule has 1 N–H and O–H groups in total. The number of carbonyl (C=O) groups excluding carboxylic acids is 1. The van der Waals surface area contributed by atoms with Gasteiger partial charge in [-0.2, -0.15) is 0 Å². The van der Waals surface area contributed by atoms with Gasteiger partial charge in [-0.25, -0.2) is 0 Å². The zero-order valence-electron chi connectivity index (χ0n) is 18.1. The number of hydrogen-bond donors (Lipinski definition) is 1. The van der Waals surface area contributed by atoms with Gasteiger partial charge in [0.2, 0.25) is 0 Å². The molecule has 0 bridgehead atoms. The van der Waals surface area contributed by atoms with Gasteiger partial charge in [-0.15, -0.1) is 0 Å². The number of pyridine rings is 1. The molecule has 0 radical (unpaired) electrons. The van der Waals surface area contributed by atoms with E-state index in [0.717, 1.165) is 23.7 Å². The molecule has 4 aromatic rings. The Hall–Kier alpha value is -3.70. The predicted octanol–water partition coefficient (Wildman–Crippen LogP) is 5.43. The Morgan fingerprint density at radius 3 is 2.27 bits per heavy atom. The van der Waals surface area contributed by atoms with E-state index < -0.39 is 0 Å². The standard InChI is InChI=1S/C28H23N3O2/c32-28(23-16-29-15-18-9-12-30-25(18)23)31-13-10-17(11-14-31)24-19-5-1-3-7-21(19)26-27(33-26)22-8-4-2-6-20(22)24/h1-9,12,15-16,26-27,30H,10-11,13-14H2. The lowest BCUT2D eigenvalue weighted by Gasteiger charge is -2.31. The van der Waals surface area contributed by atoms with Crippen molar-refractivity contribution < 1.29 is 9.53 Å². The maximum Gasteiger partial charge on any atom is 0.257 e. The number of nitrogens with one attached hydrogen (secondary N) is 1. The van der Waals surface area contributed by atoms with Gasteiger partial charge in [0.25, 0.3) is 5.91 Å². The van der Waals surface area contributed by atoms with Crippen LogP contribution in [0.15, 0.2) is 78.8 Å². The van der Waals surface area contributed by atoms with Crippen molar-refractivity contribution in [2.45, 2.75) is 25.0 Å². The highest BCUT2D eigenvalue weighted by molar-refractivity contribution is 6.05. The fourth-order valence-corrected chi connectivity index (χ4v) is 5.60. The maximum atomic E-state index is 13.3. The van der Waals surface area contributed by atoms with Crippen LogP contribution in [0.2, 0.25) is 0 Å². The molecule has 1 aliphatic carbocycles. The summed E-state index contributed by atoms with van der Waals surface area (Å²) in [5, 5.41) is 0.966. The van der Waals surface area contributed by atoms with Crippen LogP contribution in [-0.2, 0) is 4.74 Å². The summed E-state index contributed by atoms with van der Waals surface area (Å²) < 4.78 is 6.09. The summed E-state index contributed by atoms with van der Waals surface area (Å²) in [7, 11) is 0. The minimum absolute atomic E-state index is 0.0518. The Kier molecular flexibility index (Phi) is 4.08. The molecule has 2 aliphatic heterocycles. The number of aromatic nitrogens is 2. The van der Waals surface area contributed by atoms with Gasteiger partial charge in [-0.3, -0.25) is 9.78 Å². The summed E-state index contributed by atoms with van der Waals surface area (Å²) >= 11 is 0. The number of aromatic amines is 1. The van der Waals surface area contributed by atoms with Crippen LogP contribution < -0.4 is 0 Å². The monoisotopic (exact) mass is 433 g/mol. The third kappa shape index (κ3) is 2.89. The van der Waals surface area contributed by atoms with Crippen LogP contribution in [0, 0.1) is 0 Å². The van der Waals surface area contributed by atoms with E-state index in [1.54, 1.807) is 12.4 Å². The average Bonchev–Trinajstić information content (AvgIpc) is 3.53. The lowest BCUT2D eigenvalue weighted by Crippen LogP contribution is -2.36. The molecule has 2 atom stereocenters. The summed E-state index contributed by atoms with van der Waals surface area (Å²) in [5.41, 5.74) is 9.42. The fourth-order valence-electron chi connectivity index (χ4n) is 5.60. The fraction of sp³-hybridized carbons (Fsp3) is 0.214. The van der Waals surface area contributed by atoms with Crippen molar-refractivity contribution in [3.05, 3.63) is 107 Å². The smallest absolute Gasteiger partial charge is 0.257 e. The minimum atomic E-state index is 0.0518. The molecular weight excluding hydrogens is 410 g/mol. The zero-order valence-corrected chi connectivity index (χ0v) is 18.1. The Labute approximate surface area is 191 Å². The maximum absolute atomic E-state index is 13.3. The van der Waals surface area contributed by atoms with E-state index in [-0.39, 0.29) is 18.1 Å². The highest BCUT2D eigenvalue weighted by Gasteiger charge is 2.46. The van der Waals surface area contributed by atoms with Crippen molar-refractivity contribution in [3.63, 3.8) is 0 Å². The van der Waals surface area contributed by atoms with Gasteiger partial charge in [0.05, 0.1) is 11.1 Å². The Morgan fingerprint density at radius 2 is 1.58 bits per heavy atom. The summed E-state index contributed by atoms with van der Waals surface area (Å²) in [4.78, 5) is 22.8. The lowest BCUT2D eigenvalue weighted by molar-refractivity contribution is 0.0745. The number of hydrogen-bond acceptors (Lipinski definition) is 3. The molecule has 0 spiro atoms. The molecular formula is C28H23N3O2. The second kappa shape index (κ2) is 7.15. The summed E-state index contributed by atoms with van der Waals surface area (Å²) in [6, 6.07) is 19.3. The first-order valence-electron chi connectivity index (χ1n) is 11.6. The number of epoxide rings is 1. The molecule has 2 fully saturated rings. The number of ether oxygens (including phenoxy) is 1. The van der Waals surface area contributed by atoms with E-state index in [4.69, 9.17) is 4.74 Å². The van der Waals surface area contributed by atoms with Crippen molar-refractivity contribution in [1.29, 1.82) is 0 Å². The van der Waals surface area contributed by atoms with Crippen LogP contribution in [-0.4, -0.2) is 33.9 Å². The average molecular weight is 434 g/mol. The van der Waals surface area contributed by atoms with Crippen LogP contribution in [0.4, 0.5) is 0 Å². The van der Waals surface area contributed by atoms with Crippen molar-refractivity contribution in [2.24, 2.45) is 0 Å². The molecule has 1 amide bonds. The van der Waals surface area contributed by atoms with Crippen LogP contribution in [0.25, 0.3) is 16.5 Å². The third-order valence-corrected chi connectivity index (χ3v) is 7.27. The first-order valence-corrected chi connectivity index (χ1v) is 11.6. The molecule has 33 heavy (non-hydrogen) atoms. The largest absolute Gasteiger partial charge is 0.360 e. The molecule has 162 valence electrons. The van der Waals surface area contributed by atoms with E-state index in [2.05, 4.69) is 58.5 Å². The lowest BCUT2D eigenvalue weighted by atomic mass is 9.86. The van der Waals surface area contributed by atoms with Gasteiger partial charge in [0.15, 0.2) is 0 Å². The van der Waals surface area contributed by atoms with Gasteiger partial charge in [-0.1, -0.05) is 54.1 Å². The van der Waals surface area contributed by atoms with Crippen LogP contribution in [0.5, 0.6) is 0 Å². The molecule has 2 aromatic carbocycles. The minimum Gasteiger partial charge on any atom is -0.360 e. The molecule has 2 unspecified atom stereocenters. The Bertz CT molecular complexity index is 1390. The molecule has 5 heteroatoms. The predicted molar refractivity (Wildman–Crippen MR) is 127 cm³/mol. The first-order chi connectivity index (χ1) is 16.3. The quantitative estimate of drug-likeness (QED) is 0.407. The molecule has 4 heterocycles. The number of fused-ring (bicyclic) bond motifs is 6.